The topological polar surface area (TPSA) is 106 Å². The average molecular weight is 351 g/mol. The first kappa shape index (κ1) is 17.1. The van der Waals surface area contributed by atoms with Crippen LogP contribution in [0, 0.1) is 0 Å². The molecule has 0 atom stereocenters. The van der Waals surface area contributed by atoms with Gasteiger partial charge >= 0.3 is 11.9 Å². The molecule has 130 valence electrons. The molecule has 0 saturated heterocycles. The lowest BCUT2D eigenvalue weighted by Crippen LogP contribution is -2.08. The molecule has 1 aromatic heterocycles. The normalized spacial score (nSPS) is 11.0. The monoisotopic (exact) mass is 351 g/mol. The lowest BCUT2D eigenvalue weighted by Gasteiger charge is -2.03. The molecule has 0 amide bonds. The number of aliphatic imine (C=N–C) groups is 1. The number of fused-ring (bicyclic) bond motifs is 1. The number of carboxylic acids is 1. The van der Waals surface area contributed by atoms with Crippen LogP contribution in [0.2, 0.25) is 0 Å². The number of ether oxygens (including phenoxy) is 1. The first-order valence-electron chi connectivity index (χ1n) is 7.55. The molecule has 3 rings (SSSR count). The molecular formula is C19H13NO6. The van der Waals surface area contributed by atoms with Crippen LogP contribution in [0.1, 0.15) is 22.8 Å². The molecule has 1 heterocycles. The third-order valence-corrected chi connectivity index (χ3v) is 3.50. The first-order valence-corrected chi connectivity index (χ1v) is 7.55. The van der Waals surface area contributed by atoms with Crippen LogP contribution in [0.3, 0.4) is 0 Å². The lowest BCUT2D eigenvalue weighted by molar-refractivity contribution is -0.131. The van der Waals surface area contributed by atoms with Crippen LogP contribution in [-0.2, 0) is 4.79 Å². The van der Waals surface area contributed by atoms with Crippen LogP contribution in [0.4, 0.5) is 5.69 Å². The maximum atomic E-state index is 12.6. The van der Waals surface area contributed by atoms with Crippen molar-refractivity contribution in [3.8, 4) is 5.75 Å². The molecule has 0 unspecified atom stereocenters. The molecule has 7 heteroatoms. The number of nitrogens with zero attached hydrogens (tertiary/aromatic N) is 1. The summed E-state index contributed by atoms with van der Waals surface area (Å²) in [7, 11) is 0. The summed E-state index contributed by atoms with van der Waals surface area (Å²) in [5.74, 6) is -1.27. The number of carbonyl (C=O) groups excluding carboxylic acids is 1. The van der Waals surface area contributed by atoms with E-state index in [9.17, 15) is 14.4 Å². The van der Waals surface area contributed by atoms with Gasteiger partial charge in [0.15, 0.2) is 0 Å². The summed E-state index contributed by atoms with van der Waals surface area (Å²) in [5, 5.41) is 9.13. The van der Waals surface area contributed by atoms with Gasteiger partial charge in [-0.25, -0.2) is 4.79 Å². The van der Waals surface area contributed by atoms with E-state index in [0.29, 0.717) is 11.3 Å². The van der Waals surface area contributed by atoms with Crippen molar-refractivity contribution in [3.05, 3.63) is 70.1 Å². The summed E-state index contributed by atoms with van der Waals surface area (Å²) in [6.07, 6.45) is 2.62. The molecule has 26 heavy (non-hydrogen) atoms. The van der Waals surface area contributed by atoms with Gasteiger partial charge in [-0.15, -0.1) is 0 Å². The fraction of sp³-hybridized carbons (Fsp3) is 0.0526. The quantitative estimate of drug-likeness (QED) is 0.440. The van der Waals surface area contributed by atoms with E-state index in [4.69, 9.17) is 14.3 Å². The Kier molecular flexibility index (Phi) is 4.62. The number of esters is 1. The molecule has 7 nitrogen and oxygen atoms in total. The van der Waals surface area contributed by atoms with E-state index in [0.717, 1.165) is 0 Å². The average Bonchev–Trinajstić information content (AvgIpc) is 2.61. The van der Waals surface area contributed by atoms with Crippen LogP contribution in [0.15, 0.2) is 62.9 Å². The van der Waals surface area contributed by atoms with Gasteiger partial charge in [0, 0.05) is 13.1 Å². The highest BCUT2D eigenvalue weighted by atomic mass is 16.5. The number of hydrogen-bond acceptors (Lipinski definition) is 6. The zero-order valence-corrected chi connectivity index (χ0v) is 13.6. The van der Waals surface area contributed by atoms with Gasteiger partial charge < -0.3 is 14.3 Å². The number of hydrogen-bond donors (Lipinski definition) is 1. The minimum absolute atomic E-state index is 0.146. The Hall–Kier alpha value is -3.74. The van der Waals surface area contributed by atoms with E-state index in [1.54, 1.807) is 6.07 Å². The van der Waals surface area contributed by atoms with Crippen LogP contribution in [0.5, 0.6) is 5.75 Å². The SMILES string of the molecule is CC(=O)Oc1ccc2occ(C=Nc3ccc(C(=O)O)cc3)c(=O)c2c1. The van der Waals surface area contributed by atoms with Gasteiger partial charge in [0.05, 0.1) is 22.2 Å². The Balaban J connectivity index is 1.94. The van der Waals surface area contributed by atoms with Crippen LogP contribution < -0.4 is 10.2 Å². The molecule has 0 aliphatic rings. The zero-order valence-electron chi connectivity index (χ0n) is 13.6. The Morgan fingerprint density at radius 3 is 2.54 bits per heavy atom. The molecule has 0 aliphatic carbocycles. The molecule has 0 aliphatic heterocycles. The fourth-order valence-electron chi connectivity index (χ4n) is 2.28. The van der Waals surface area contributed by atoms with Crippen molar-refractivity contribution < 1.29 is 23.8 Å². The number of benzene rings is 2. The van der Waals surface area contributed by atoms with Crippen molar-refractivity contribution in [2.24, 2.45) is 4.99 Å². The number of aromatic carboxylic acids is 1. The standard InChI is InChI=1S/C19H13NO6/c1-11(21)26-15-6-7-17-16(8-15)18(22)13(10-25-17)9-20-14-4-2-12(3-5-14)19(23)24/h2-10H,1H3,(H,23,24). The molecular weight excluding hydrogens is 338 g/mol. The minimum Gasteiger partial charge on any atom is -0.478 e. The second-order valence-corrected chi connectivity index (χ2v) is 5.38. The second kappa shape index (κ2) is 7.02. The molecule has 0 radical (unpaired) electrons. The van der Waals surface area contributed by atoms with Gasteiger partial charge in [-0.3, -0.25) is 14.6 Å². The zero-order chi connectivity index (χ0) is 18.7. The predicted molar refractivity (Wildman–Crippen MR) is 94.4 cm³/mol. The van der Waals surface area contributed by atoms with E-state index in [1.165, 1.54) is 55.8 Å². The summed E-state index contributed by atoms with van der Waals surface area (Å²) in [4.78, 5) is 38.6. The van der Waals surface area contributed by atoms with Gasteiger partial charge in [-0.1, -0.05) is 0 Å². The molecule has 0 bridgehead atoms. The minimum atomic E-state index is -1.03. The van der Waals surface area contributed by atoms with Gasteiger partial charge in [-0.05, 0) is 42.5 Å². The molecule has 3 aromatic rings. The molecule has 2 aromatic carbocycles. The summed E-state index contributed by atoms with van der Waals surface area (Å²) in [5.41, 5.74) is 0.870. The second-order valence-electron chi connectivity index (χ2n) is 5.38. The van der Waals surface area contributed by atoms with E-state index in [1.807, 2.05) is 0 Å². The highest BCUT2D eigenvalue weighted by Crippen LogP contribution is 2.19. The molecule has 0 spiro atoms. The highest BCUT2D eigenvalue weighted by molar-refractivity contribution is 5.89. The fourth-order valence-corrected chi connectivity index (χ4v) is 2.28. The summed E-state index contributed by atoms with van der Waals surface area (Å²) in [6.45, 7) is 1.27. The van der Waals surface area contributed by atoms with Crippen molar-refractivity contribution in [1.29, 1.82) is 0 Å². The van der Waals surface area contributed by atoms with Gasteiger partial charge in [-0.2, -0.15) is 0 Å². The predicted octanol–water partition coefficient (Wildman–Crippen LogP) is 3.17. The largest absolute Gasteiger partial charge is 0.478 e. The first-order chi connectivity index (χ1) is 12.4. The Morgan fingerprint density at radius 1 is 1.15 bits per heavy atom. The van der Waals surface area contributed by atoms with E-state index < -0.39 is 11.9 Å². The van der Waals surface area contributed by atoms with Gasteiger partial charge in [0.1, 0.15) is 17.6 Å². The molecule has 1 N–H and O–H groups in total. The maximum absolute atomic E-state index is 12.6. The van der Waals surface area contributed by atoms with Crippen LogP contribution in [0.25, 0.3) is 11.0 Å². The Morgan fingerprint density at radius 2 is 1.88 bits per heavy atom. The van der Waals surface area contributed by atoms with E-state index in [-0.39, 0.29) is 27.7 Å². The molecule has 0 fully saturated rings. The van der Waals surface area contributed by atoms with Gasteiger partial charge in [0.25, 0.3) is 0 Å². The number of carbonyl (C=O) groups is 2. The van der Waals surface area contributed by atoms with Crippen molar-refractivity contribution in [3.63, 3.8) is 0 Å². The highest BCUT2D eigenvalue weighted by Gasteiger charge is 2.08. The van der Waals surface area contributed by atoms with Crippen molar-refractivity contribution in [1.82, 2.24) is 0 Å². The van der Waals surface area contributed by atoms with Crippen molar-refractivity contribution in [2.75, 3.05) is 0 Å². The Labute approximate surface area is 147 Å². The third-order valence-electron chi connectivity index (χ3n) is 3.50. The summed E-state index contributed by atoms with van der Waals surface area (Å²) >= 11 is 0. The third kappa shape index (κ3) is 3.67. The number of carboxylic acid groups (broad SMARTS) is 1. The van der Waals surface area contributed by atoms with Crippen LogP contribution >= 0.6 is 0 Å². The van der Waals surface area contributed by atoms with Crippen molar-refractivity contribution >= 4 is 34.8 Å². The van der Waals surface area contributed by atoms with Crippen molar-refractivity contribution in [2.45, 2.75) is 6.92 Å². The van der Waals surface area contributed by atoms with E-state index >= 15 is 0 Å². The van der Waals surface area contributed by atoms with E-state index in [2.05, 4.69) is 4.99 Å². The smallest absolute Gasteiger partial charge is 0.335 e. The van der Waals surface area contributed by atoms with Gasteiger partial charge in [0.2, 0.25) is 5.43 Å². The Bertz CT molecular complexity index is 1080. The lowest BCUT2D eigenvalue weighted by atomic mass is 10.1. The maximum Gasteiger partial charge on any atom is 0.335 e. The van der Waals surface area contributed by atoms with Crippen LogP contribution in [-0.4, -0.2) is 23.3 Å². The summed E-state index contributed by atoms with van der Waals surface area (Å²) < 4.78 is 10.4. The molecule has 0 saturated carbocycles. The number of rotatable bonds is 4. The summed E-state index contributed by atoms with van der Waals surface area (Å²) in [6, 6.07) is 10.4.